The van der Waals surface area contributed by atoms with Gasteiger partial charge in [0.1, 0.15) is 5.82 Å². The van der Waals surface area contributed by atoms with Gasteiger partial charge in [0.2, 0.25) is 0 Å². The van der Waals surface area contributed by atoms with Crippen LogP contribution in [-0.4, -0.2) is 40.2 Å². The molecule has 1 saturated heterocycles. The number of likely N-dealkylation sites (tertiary alicyclic amines) is 1. The van der Waals surface area contributed by atoms with Gasteiger partial charge in [0.25, 0.3) is 0 Å². The number of hydrogen-bond donors (Lipinski definition) is 2. The van der Waals surface area contributed by atoms with Crippen LogP contribution < -0.4 is 5.32 Å². The molecule has 1 fully saturated rings. The lowest BCUT2D eigenvalue weighted by molar-refractivity contribution is 0.166. The number of rotatable bonds is 2. The third-order valence-electron chi connectivity index (χ3n) is 2.75. The second-order valence-corrected chi connectivity index (χ2v) is 3.82. The number of nitrogens with zero attached hydrogens (tertiary/aromatic N) is 2. The number of urea groups is 1. The van der Waals surface area contributed by atoms with E-state index < -0.39 is 0 Å². The molecule has 86 valence electrons. The molecule has 0 radical (unpaired) electrons. The molecular formula is C11H15N3O2. The summed E-state index contributed by atoms with van der Waals surface area (Å²) in [5.41, 5.74) is 0. The largest absolute Gasteiger partial charge is 0.394 e. The summed E-state index contributed by atoms with van der Waals surface area (Å²) in [5, 5.41) is 11.8. The summed E-state index contributed by atoms with van der Waals surface area (Å²) in [6.07, 6.45) is 3.44. The van der Waals surface area contributed by atoms with Crippen molar-refractivity contribution in [3.8, 4) is 0 Å². The lowest BCUT2D eigenvalue weighted by Gasteiger charge is -2.22. The van der Waals surface area contributed by atoms with Gasteiger partial charge in [-0.15, -0.1) is 0 Å². The van der Waals surface area contributed by atoms with Crippen molar-refractivity contribution in [3.05, 3.63) is 24.4 Å². The van der Waals surface area contributed by atoms with Gasteiger partial charge in [-0.2, -0.15) is 0 Å². The number of aliphatic hydroxyl groups excluding tert-OH is 1. The van der Waals surface area contributed by atoms with Gasteiger partial charge in [-0.05, 0) is 25.0 Å². The van der Waals surface area contributed by atoms with Crippen LogP contribution in [0.15, 0.2) is 24.4 Å². The average Bonchev–Trinajstić information content (AvgIpc) is 2.78. The summed E-state index contributed by atoms with van der Waals surface area (Å²) in [6, 6.07) is 5.11. The van der Waals surface area contributed by atoms with Crippen molar-refractivity contribution in [1.29, 1.82) is 0 Å². The summed E-state index contributed by atoms with van der Waals surface area (Å²) in [5.74, 6) is 0.538. The molecule has 5 heteroatoms. The number of aliphatic hydroxyl groups is 1. The molecule has 2 amide bonds. The zero-order valence-corrected chi connectivity index (χ0v) is 8.97. The molecule has 2 heterocycles. The highest BCUT2D eigenvalue weighted by Crippen LogP contribution is 2.17. The first kappa shape index (κ1) is 10.9. The minimum Gasteiger partial charge on any atom is -0.394 e. The second kappa shape index (κ2) is 4.94. The molecule has 2 N–H and O–H groups in total. The number of carbonyl (C=O) groups excluding carboxylic acids is 1. The summed E-state index contributed by atoms with van der Waals surface area (Å²) >= 11 is 0. The van der Waals surface area contributed by atoms with E-state index in [0.717, 1.165) is 12.8 Å². The summed E-state index contributed by atoms with van der Waals surface area (Å²) in [7, 11) is 0. The Labute approximate surface area is 94.1 Å². The van der Waals surface area contributed by atoms with Gasteiger partial charge >= 0.3 is 6.03 Å². The second-order valence-electron chi connectivity index (χ2n) is 3.82. The Kier molecular flexibility index (Phi) is 3.36. The normalized spacial score (nSPS) is 19.8. The Hall–Kier alpha value is -1.62. The summed E-state index contributed by atoms with van der Waals surface area (Å²) in [6.45, 7) is 0.722. The van der Waals surface area contributed by atoms with Gasteiger partial charge in [0.05, 0.1) is 12.6 Å². The predicted octanol–water partition coefficient (Wildman–Crippen LogP) is 1.07. The van der Waals surface area contributed by atoms with Crippen molar-refractivity contribution >= 4 is 11.8 Å². The number of nitrogens with one attached hydrogen (secondary N) is 1. The molecule has 0 aromatic carbocycles. The smallest absolute Gasteiger partial charge is 0.323 e. The quantitative estimate of drug-likeness (QED) is 0.785. The van der Waals surface area contributed by atoms with Gasteiger partial charge in [-0.1, -0.05) is 6.07 Å². The monoisotopic (exact) mass is 221 g/mol. The molecule has 0 bridgehead atoms. The maximum Gasteiger partial charge on any atom is 0.323 e. The maximum atomic E-state index is 11.8. The number of aromatic nitrogens is 1. The zero-order chi connectivity index (χ0) is 11.4. The van der Waals surface area contributed by atoms with E-state index in [1.54, 1.807) is 23.2 Å². The number of carbonyl (C=O) groups is 1. The molecule has 1 atom stereocenters. The highest BCUT2D eigenvalue weighted by atomic mass is 16.3. The van der Waals surface area contributed by atoms with Crippen LogP contribution in [0.3, 0.4) is 0 Å². The van der Waals surface area contributed by atoms with Crippen LogP contribution >= 0.6 is 0 Å². The molecule has 0 saturated carbocycles. The van der Waals surface area contributed by atoms with E-state index in [9.17, 15) is 4.79 Å². The molecule has 1 aliphatic rings. The van der Waals surface area contributed by atoms with Crippen molar-refractivity contribution < 1.29 is 9.90 Å². The summed E-state index contributed by atoms with van der Waals surface area (Å²) < 4.78 is 0. The Bertz CT molecular complexity index is 356. The fraction of sp³-hybridized carbons (Fsp3) is 0.455. The zero-order valence-electron chi connectivity index (χ0n) is 8.97. The van der Waals surface area contributed by atoms with Gasteiger partial charge < -0.3 is 10.0 Å². The number of pyridine rings is 1. The Morgan fingerprint density at radius 3 is 3.19 bits per heavy atom. The number of anilines is 1. The molecule has 5 nitrogen and oxygen atoms in total. The molecule has 0 aliphatic carbocycles. The minimum absolute atomic E-state index is 0.0235. The fourth-order valence-electron chi connectivity index (χ4n) is 1.91. The van der Waals surface area contributed by atoms with E-state index in [2.05, 4.69) is 10.3 Å². The van der Waals surface area contributed by atoms with Crippen LogP contribution in [0.2, 0.25) is 0 Å². The molecule has 16 heavy (non-hydrogen) atoms. The first-order valence-electron chi connectivity index (χ1n) is 5.41. The van der Waals surface area contributed by atoms with Gasteiger partial charge in [-0.3, -0.25) is 5.32 Å². The van der Waals surface area contributed by atoms with E-state index in [0.29, 0.717) is 12.4 Å². The Morgan fingerprint density at radius 2 is 2.50 bits per heavy atom. The first-order valence-corrected chi connectivity index (χ1v) is 5.41. The van der Waals surface area contributed by atoms with Crippen LogP contribution in [0.25, 0.3) is 0 Å². The van der Waals surface area contributed by atoms with Gasteiger partial charge in [0, 0.05) is 12.7 Å². The highest BCUT2D eigenvalue weighted by Gasteiger charge is 2.27. The van der Waals surface area contributed by atoms with Crippen molar-refractivity contribution in [3.63, 3.8) is 0 Å². The molecule has 2 rings (SSSR count). The van der Waals surface area contributed by atoms with Crippen LogP contribution in [-0.2, 0) is 0 Å². The Balaban J connectivity index is 1.98. The number of hydrogen-bond acceptors (Lipinski definition) is 3. The summed E-state index contributed by atoms with van der Waals surface area (Å²) in [4.78, 5) is 17.5. The molecule has 1 aromatic rings. The van der Waals surface area contributed by atoms with E-state index in [1.165, 1.54) is 0 Å². The number of amides is 2. The standard InChI is InChI=1S/C11H15N3O2/c15-8-9-4-3-7-14(9)11(16)13-10-5-1-2-6-12-10/h1-2,5-6,9,15H,3-4,7-8H2,(H,12,13,16)/t9-/m1/s1. The topological polar surface area (TPSA) is 65.5 Å². The maximum absolute atomic E-state index is 11.8. The van der Waals surface area contributed by atoms with Gasteiger partial charge in [0.15, 0.2) is 0 Å². The molecule has 1 aromatic heterocycles. The van der Waals surface area contributed by atoms with Gasteiger partial charge in [-0.25, -0.2) is 9.78 Å². The van der Waals surface area contributed by atoms with E-state index in [4.69, 9.17) is 5.11 Å². The first-order chi connectivity index (χ1) is 7.81. The van der Waals surface area contributed by atoms with E-state index in [-0.39, 0.29) is 18.7 Å². The SMILES string of the molecule is O=C(Nc1ccccn1)N1CCC[C@@H]1CO. The highest BCUT2D eigenvalue weighted by molar-refractivity contribution is 5.88. The van der Waals surface area contributed by atoms with Crippen LogP contribution in [0.5, 0.6) is 0 Å². The molecular weight excluding hydrogens is 206 g/mol. The molecule has 0 spiro atoms. The lowest BCUT2D eigenvalue weighted by atomic mass is 10.2. The Morgan fingerprint density at radius 1 is 1.62 bits per heavy atom. The predicted molar refractivity (Wildman–Crippen MR) is 60.1 cm³/mol. The lowest BCUT2D eigenvalue weighted by Crippen LogP contribution is -2.40. The third kappa shape index (κ3) is 2.30. The third-order valence-corrected chi connectivity index (χ3v) is 2.75. The molecule has 0 unspecified atom stereocenters. The van der Waals surface area contributed by atoms with Crippen LogP contribution in [0.1, 0.15) is 12.8 Å². The van der Waals surface area contributed by atoms with E-state index >= 15 is 0 Å². The molecule has 1 aliphatic heterocycles. The van der Waals surface area contributed by atoms with E-state index in [1.807, 2.05) is 6.07 Å². The van der Waals surface area contributed by atoms with Crippen molar-refractivity contribution in [1.82, 2.24) is 9.88 Å². The van der Waals surface area contributed by atoms with Crippen molar-refractivity contribution in [2.75, 3.05) is 18.5 Å². The average molecular weight is 221 g/mol. The van der Waals surface area contributed by atoms with Crippen LogP contribution in [0.4, 0.5) is 10.6 Å². The minimum atomic E-state index is -0.185. The fourth-order valence-corrected chi connectivity index (χ4v) is 1.91. The van der Waals surface area contributed by atoms with Crippen molar-refractivity contribution in [2.45, 2.75) is 18.9 Å². The van der Waals surface area contributed by atoms with Crippen LogP contribution in [0, 0.1) is 0 Å². The van der Waals surface area contributed by atoms with Crippen molar-refractivity contribution in [2.24, 2.45) is 0 Å².